The first-order valence-corrected chi connectivity index (χ1v) is 6.77. The molecule has 20 heavy (non-hydrogen) atoms. The molecular weight excluding hydrogens is 250 g/mol. The predicted octanol–water partition coefficient (Wildman–Crippen LogP) is 3.07. The minimum Gasteiger partial charge on any atom is -0.461 e. The Morgan fingerprint density at radius 2 is 2.05 bits per heavy atom. The lowest BCUT2D eigenvalue weighted by atomic mass is 9.78. The number of anilines is 1. The highest BCUT2D eigenvalue weighted by Gasteiger charge is 2.27. The Labute approximate surface area is 118 Å². The minimum absolute atomic E-state index is 0.320. The van der Waals surface area contributed by atoms with Gasteiger partial charge in [0.05, 0.1) is 12.2 Å². The molecule has 1 unspecified atom stereocenters. The molecule has 0 radical (unpaired) electrons. The van der Waals surface area contributed by atoms with Crippen molar-refractivity contribution in [2.45, 2.75) is 19.3 Å². The smallest absolute Gasteiger partial charge is 0.340 e. The third-order valence-corrected chi connectivity index (χ3v) is 3.89. The van der Waals surface area contributed by atoms with Crippen molar-refractivity contribution < 1.29 is 9.53 Å². The molecule has 102 valence electrons. The topological polar surface area (TPSA) is 52.3 Å². The Morgan fingerprint density at radius 3 is 2.80 bits per heavy atom. The van der Waals surface area contributed by atoms with E-state index in [4.69, 9.17) is 10.5 Å². The highest BCUT2D eigenvalue weighted by molar-refractivity contribution is 5.96. The number of aryl methyl sites for hydroxylation is 1. The van der Waals surface area contributed by atoms with Gasteiger partial charge in [-0.2, -0.15) is 0 Å². The van der Waals surface area contributed by atoms with Crippen molar-refractivity contribution in [3.63, 3.8) is 0 Å². The van der Waals surface area contributed by atoms with Crippen LogP contribution in [0.5, 0.6) is 0 Å². The van der Waals surface area contributed by atoms with Crippen molar-refractivity contribution in [2.75, 3.05) is 12.3 Å². The summed E-state index contributed by atoms with van der Waals surface area (Å²) < 4.78 is 5.43. The zero-order valence-electron chi connectivity index (χ0n) is 11.4. The molecule has 0 fully saturated rings. The summed E-state index contributed by atoms with van der Waals surface area (Å²) in [6.45, 7) is 2.29. The number of nitrogen functional groups attached to an aromatic ring is 1. The van der Waals surface area contributed by atoms with Gasteiger partial charge in [-0.25, -0.2) is 4.79 Å². The number of benzene rings is 2. The Balaban J connectivity index is 1.67. The van der Waals surface area contributed by atoms with Crippen LogP contribution in [0.1, 0.15) is 33.0 Å². The van der Waals surface area contributed by atoms with Gasteiger partial charge in [-0.05, 0) is 36.1 Å². The Morgan fingerprint density at radius 1 is 1.25 bits per heavy atom. The largest absolute Gasteiger partial charge is 0.461 e. The second-order valence-corrected chi connectivity index (χ2v) is 5.24. The average Bonchev–Trinajstić information content (AvgIpc) is 2.39. The molecule has 0 amide bonds. The number of carbonyl (C=O) groups excluding carboxylic acids is 1. The summed E-state index contributed by atoms with van der Waals surface area (Å²) in [5.74, 6) is -0.00891. The molecule has 1 aliphatic rings. The Hall–Kier alpha value is -2.29. The van der Waals surface area contributed by atoms with Gasteiger partial charge in [0.15, 0.2) is 0 Å². The van der Waals surface area contributed by atoms with Gasteiger partial charge in [-0.15, -0.1) is 0 Å². The number of hydrogen-bond acceptors (Lipinski definition) is 3. The molecule has 0 bridgehead atoms. The van der Waals surface area contributed by atoms with Gasteiger partial charge in [0.1, 0.15) is 0 Å². The molecule has 0 saturated heterocycles. The minimum atomic E-state index is -0.329. The number of ether oxygens (including phenoxy) is 1. The maximum atomic E-state index is 12.1. The summed E-state index contributed by atoms with van der Waals surface area (Å²) in [6, 6.07) is 13.7. The van der Waals surface area contributed by atoms with Crippen molar-refractivity contribution in [3.8, 4) is 0 Å². The fourth-order valence-electron chi connectivity index (χ4n) is 2.73. The summed E-state index contributed by atoms with van der Waals surface area (Å²) in [4.78, 5) is 12.1. The van der Waals surface area contributed by atoms with Gasteiger partial charge in [-0.3, -0.25) is 0 Å². The van der Waals surface area contributed by atoms with Crippen molar-refractivity contribution >= 4 is 11.7 Å². The molecule has 2 aromatic rings. The molecule has 3 nitrogen and oxygen atoms in total. The van der Waals surface area contributed by atoms with Gasteiger partial charge in [0.2, 0.25) is 0 Å². The molecule has 3 rings (SSSR count). The molecule has 0 aliphatic heterocycles. The second-order valence-electron chi connectivity index (χ2n) is 5.24. The number of esters is 1. The van der Waals surface area contributed by atoms with Crippen LogP contribution in [-0.4, -0.2) is 12.6 Å². The van der Waals surface area contributed by atoms with Gasteiger partial charge in [-0.1, -0.05) is 36.4 Å². The van der Waals surface area contributed by atoms with E-state index < -0.39 is 0 Å². The molecule has 2 aromatic carbocycles. The zero-order valence-corrected chi connectivity index (χ0v) is 11.4. The summed E-state index contributed by atoms with van der Waals surface area (Å²) >= 11 is 0. The molecular formula is C17H17NO2. The average molecular weight is 267 g/mol. The summed E-state index contributed by atoms with van der Waals surface area (Å²) in [5.41, 5.74) is 10.3. The van der Waals surface area contributed by atoms with Gasteiger partial charge >= 0.3 is 5.97 Å². The van der Waals surface area contributed by atoms with E-state index in [0.29, 0.717) is 23.8 Å². The fourth-order valence-corrected chi connectivity index (χ4v) is 2.73. The third kappa shape index (κ3) is 2.16. The van der Waals surface area contributed by atoms with Gasteiger partial charge < -0.3 is 10.5 Å². The van der Waals surface area contributed by atoms with Crippen LogP contribution >= 0.6 is 0 Å². The van der Waals surface area contributed by atoms with Crippen molar-refractivity contribution in [1.29, 1.82) is 0 Å². The highest BCUT2D eigenvalue weighted by Crippen LogP contribution is 2.35. The fraction of sp³-hybridized carbons (Fsp3) is 0.235. The molecule has 1 aliphatic carbocycles. The van der Waals surface area contributed by atoms with Crippen LogP contribution in [0.2, 0.25) is 0 Å². The molecule has 0 spiro atoms. The van der Waals surface area contributed by atoms with E-state index in [1.807, 2.05) is 31.2 Å². The Kier molecular flexibility index (Phi) is 3.18. The van der Waals surface area contributed by atoms with Crippen LogP contribution in [0.4, 0.5) is 5.69 Å². The first-order valence-electron chi connectivity index (χ1n) is 6.77. The highest BCUT2D eigenvalue weighted by atomic mass is 16.5. The van der Waals surface area contributed by atoms with Crippen molar-refractivity contribution in [2.24, 2.45) is 0 Å². The number of fused-ring (bicyclic) bond motifs is 1. The van der Waals surface area contributed by atoms with E-state index >= 15 is 0 Å². The first kappa shape index (κ1) is 12.7. The molecule has 2 N–H and O–H groups in total. The van der Waals surface area contributed by atoms with E-state index in [1.165, 1.54) is 11.1 Å². The normalized spacial score (nSPS) is 16.1. The molecule has 3 heteroatoms. The zero-order chi connectivity index (χ0) is 14.1. The number of carbonyl (C=O) groups is 1. The van der Waals surface area contributed by atoms with Crippen LogP contribution in [0.15, 0.2) is 42.5 Å². The lowest BCUT2D eigenvalue weighted by molar-refractivity contribution is 0.0470. The second kappa shape index (κ2) is 5.00. The molecule has 0 aromatic heterocycles. The van der Waals surface area contributed by atoms with Crippen molar-refractivity contribution in [1.82, 2.24) is 0 Å². The SMILES string of the molecule is Cc1cccc(N)c1C(=O)OCC1Cc2ccccc21. The van der Waals surface area contributed by atoms with Crippen LogP contribution in [-0.2, 0) is 11.2 Å². The summed E-state index contributed by atoms with van der Waals surface area (Å²) in [6.07, 6.45) is 0.979. The van der Waals surface area contributed by atoms with Crippen LogP contribution in [0.25, 0.3) is 0 Å². The van der Waals surface area contributed by atoms with E-state index in [9.17, 15) is 4.79 Å². The molecule has 0 saturated carbocycles. The summed E-state index contributed by atoms with van der Waals surface area (Å²) in [5, 5.41) is 0. The lowest BCUT2D eigenvalue weighted by Crippen LogP contribution is -2.23. The Bertz CT molecular complexity index is 644. The maximum absolute atomic E-state index is 12.1. The maximum Gasteiger partial charge on any atom is 0.340 e. The quantitative estimate of drug-likeness (QED) is 0.687. The van der Waals surface area contributed by atoms with E-state index in [0.717, 1.165) is 12.0 Å². The van der Waals surface area contributed by atoms with Crippen LogP contribution < -0.4 is 5.73 Å². The van der Waals surface area contributed by atoms with Gasteiger partial charge in [0.25, 0.3) is 0 Å². The molecule has 0 heterocycles. The van der Waals surface area contributed by atoms with Crippen LogP contribution in [0.3, 0.4) is 0 Å². The standard InChI is InChI=1S/C17H17NO2/c1-11-5-4-8-15(18)16(11)17(19)20-10-13-9-12-6-2-3-7-14(12)13/h2-8,13H,9-10,18H2,1H3. The monoisotopic (exact) mass is 267 g/mol. The summed E-state index contributed by atoms with van der Waals surface area (Å²) in [7, 11) is 0. The van der Waals surface area contributed by atoms with E-state index in [2.05, 4.69) is 12.1 Å². The number of nitrogens with two attached hydrogens (primary N) is 1. The molecule has 1 atom stereocenters. The number of rotatable bonds is 3. The van der Waals surface area contributed by atoms with E-state index in [1.54, 1.807) is 6.07 Å². The lowest BCUT2D eigenvalue weighted by Gasteiger charge is -2.29. The third-order valence-electron chi connectivity index (χ3n) is 3.89. The van der Waals surface area contributed by atoms with Gasteiger partial charge in [0, 0.05) is 11.6 Å². The number of hydrogen-bond donors (Lipinski definition) is 1. The van der Waals surface area contributed by atoms with E-state index in [-0.39, 0.29) is 5.97 Å². The predicted molar refractivity (Wildman–Crippen MR) is 78.8 cm³/mol. The van der Waals surface area contributed by atoms with Crippen molar-refractivity contribution in [3.05, 3.63) is 64.7 Å². The first-order chi connectivity index (χ1) is 9.66. The van der Waals surface area contributed by atoms with Crippen LogP contribution in [0, 0.1) is 6.92 Å².